The number of piperidine rings is 1. The van der Waals surface area contributed by atoms with Crippen LogP contribution in [-0.4, -0.2) is 28.7 Å². The fourth-order valence-corrected chi connectivity index (χ4v) is 3.21. The first-order chi connectivity index (χ1) is 7.66. The minimum Gasteiger partial charge on any atom is -0.341 e. The van der Waals surface area contributed by atoms with Crippen molar-refractivity contribution in [2.75, 3.05) is 13.1 Å². The summed E-state index contributed by atoms with van der Waals surface area (Å²) in [6.07, 6.45) is 1.66. The lowest BCUT2D eigenvalue weighted by atomic mass is 9.98. The molecule has 0 spiro atoms. The molecule has 2 unspecified atom stereocenters. The molecule has 2 rings (SSSR count). The van der Waals surface area contributed by atoms with Crippen molar-refractivity contribution in [1.82, 2.24) is 4.90 Å². The van der Waals surface area contributed by atoms with Gasteiger partial charge in [-0.3, -0.25) is 4.79 Å². The van der Waals surface area contributed by atoms with E-state index in [9.17, 15) is 4.79 Å². The van der Waals surface area contributed by atoms with Crippen molar-refractivity contribution >= 4 is 33.2 Å². The van der Waals surface area contributed by atoms with Gasteiger partial charge < -0.3 is 4.90 Å². The number of hydrogen-bond acceptors (Lipinski definition) is 2. The fraction of sp³-hybridized carbons (Fsp3) is 0.583. The minimum atomic E-state index is 0.259. The second-order valence-corrected chi connectivity index (χ2v) is 6.39. The van der Waals surface area contributed by atoms with Crippen molar-refractivity contribution in [2.24, 2.45) is 5.92 Å². The van der Waals surface area contributed by atoms with Crippen LogP contribution in [0.3, 0.4) is 0 Å². The lowest BCUT2D eigenvalue weighted by molar-refractivity contribution is -0.131. The number of likely N-dealkylation sites (tertiary alicyclic amines) is 1. The lowest BCUT2D eigenvalue weighted by Gasteiger charge is -2.34. The molecule has 1 aliphatic heterocycles. The summed E-state index contributed by atoms with van der Waals surface area (Å²) >= 11 is 5.30. The normalized spacial score (nSPS) is 25.8. The number of rotatable bonds is 2. The first kappa shape index (κ1) is 12.1. The van der Waals surface area contributed by atoms with Crippen LogP contribution < -0.4 is 0 Å². The molecule has 1 amide bonds. The maximum atomic E-state index is 12.0. The zero-order valence-corrected chi connectivity index (χ0v) is 11.8. The molecule has 16 heavy (non-hydrogen) atoms. The zero-order valence-electron chi connectivity index (χ0n) is 9.36. The lowest BCUT2D eigenvalue weighted by Crippen LogP contribution is -2.44. The Hall–Kier alpha value is -0.350. The summed E-state index contributed by atoms with van der Waals surface area (Å²) in [4.78, 5) is 14.5. The van der Waals surface area contributed by atoms with Crippen LogP contribution in [0.15, 0.2) is 16.8 Å². The molecule has 1 saturated heterocycles. The van der Waals surface area contributed by atoms with E-state index in [-0.39, 0.29) is 5.91 Å². The Morgan fingerprint density at radius 2 is 2.50 bits per heavy atom. The molecule has 2 heterocycles. The standard InChI is InChI=1S/C12H16BrNOS/c1-9-2-4-14(7-11(9)13)12(15)6-10-3-5-16-8-10/h3,5,8-9,11H,2,4,6-7H2,1H3. The zero-order chi connectivity index (χ0) is 11.5. The summed E-state index contributed by atoms with van der Waals surface area (Å²) in [5.41, 5.74) is 1.14. The van der Waals surface area contributed by atoms with Crippen molar-refractivity contribution in [1.29, 1.82) is 0 Å². The van der Waals surface area contributed by atoms with Gasteiger partial charge in [-0.1, -0.05) is 22.9 Å². The van der Waals surface area contributed by atoms with E-state index in [1.165, 1.54) is 0 Å². The van der Waals surface area contributed by atoms with Crippen LogP contribution >= 0.6 is 27.3 Å². The first-order valence-electron chi connectivity index (χ1n) is 5.59. The molecule has 0 bridgehead atoms. The summed E-state index contributed by atoms with van der Waals surface area (Å²) in [5.74, 6) is 0.931. The number of hydrogen-bond donors (Lipinski definition) is 0. The first-order valence-corrected chi connectivity index (χ1v) is 7.45. The highest BCUT2D eigenvalue weighted by Crippen LogP contribution is 2.23. The van der Waals surface area contributed by atoms with E-state index in [2.05, 4.69) is 28.2 Å². The van der Waals surface area contributed by atoms with Crippen molar-refractivity contribution in [3.05, 3.63) is 22.4 Å². The number of carbonyl (C=O) groups is 1. The van der Waals surface area contributed by atoms with Gasteiger partial charge in [-0.05, 0) is 34.7 Å². The third-order valence-electron chi connectivity index (χ3n) is 3.15. The maximum absolute atomic E-state index is 12.0. The van der Waals surface area contributed by atoms with Crippen molar-refractivity contribution < 1.29 is 4.79 Å². The molecule has 0 saturated carbocycles. The number of thiophene rings is 1. The Morgan fingerprint density at radius 1 is 1.69 bits per heavy atom. The van der Waals surface area contributed by atoms with E-state index in [1.807, 2.05) is 16.3 Å². The van der Waals surface area contributed by atoms with E-state index in [4.69, 9.17) is 0 Å². The van der Waals surface area contributed by atoms with Crippen LogP contribution in [0, 0.1) is 5.92 Å². The Morgan fingerprint density at radius 3 is 3.12 bits per heavy atom. The van der Waals surface area contributed by atoms with Gasteiger partial charge in [0.25, 0.3) is 0 Å². The minimum absolute atomic E-state index is 0.259. The number of nitrogens with zero attached hydrogens (tertiary/aromatic N) is 1. The molecule has 0 radical (unpaired) electrons. The molecule has 1 aromatic heterocycles. The average Bonchev–Trinajstić information content (AvgIpc) is 2.74. The smallest absolute Gasteiger partial charge is 0.227 e. The SMILES string of the molecule is CC1CCN(C(=O)Cc2ccsc2)CC1Br. The van der Waals surface area contributed by atoms with Crippen LogP contribution in [0.5, 0.6) is 0 Å². The van der Waals surface area contributed by atoms with Gasteiger partial charge in [-0.25, -0.2) is 0 Å². The van der Waals surface area contributed by atoms with Crippen LogP contribution in [-0.2, 0) is 11.2 Å². The Labute approximate surface area is 109 Å². The molecule has 1 aliphatic rings. The van der Waals surface area contributed by atoms with E-state index in [0.717, 1.165) is 25.1 Å². The largest absolute Gasteiger partial charge is 0.341 e. The van der Waals surface area contributed by atoms with Gasteiger partial charge in [-0.15, -0.1) is 0 Å². The van der Waals surface area contributed by atoms with Gasteiger partial charge in [0.2, 0.25) is 5.91 Å². The van der Waals surface area contributed by atoms with Crippen LogP contribution in [0.1, 0.15) is 18.9 Å². The monoisotopic (exact) mass is 301 g/mol. The summed E-state index contributed by atoms with van der Waals surface area (Å²) in [5, 5.41) is 4.07. The molecule has 2 nitrogen and oxygen atoms in total. The van der Waals surface area contributed by atoms with E-state index in [0.29, 0.717) is 17.2 Å². The Balaban J connectivity index is 1.90. The topological polar surface area (TPSA) is 20.3 Å². The molecular weight excluding hydrogens is 286 g/mol. The molecule has 88 valence electrons. The Bertz CT molecular complexity index is 352. The number of amides is 1. The second kappa shape index (κ2) is 5.32. The predicted octanol–water partition coefficient (Wildman–Crippen LogP) is 2.92. The third kappa shape index (κ3) is 2.86. The van der Waals surface area contributed by atoms with E-state index < -0.39 is 0 Å². The molecule has 2 atom stereocenters. The van der Waals surface area contributed by atoms with Crippen molar-refractivity contribution in [2.45, 2.75) is 24.6 Å². The van der Waals surface area contributed by atoms with Gasteiger partial charge in [-0.2, -0.15) is 11.3 Å². The van der Waals surface area contributed by atoms with Gasteiger partial charge in [0.1, 0.15) is 0 Å². The highest BCUT2D eigenvalue weighted by molar-refractivity contribution is 9.09. The van der Waals surface area contributed by atoms with E-state index in [1.54, 1.807) is 11.3 Å². The molecule has 1 fully saturated rings. The van der Waals surface area contributed by atoms with Gasteiger partial charge in [0.15, 0.2) is 0 Å². The fourth-order valence-electron chi connectivity index (χ4n) is 1.93. The molecule has 0 aromatic carbocycles. The predicted molar refractivity (Wildman–Crippen MR) is 71.1 cm³/mol. The molecule has 0 aliphatic carbocycles. The second-order valence-electron chi connectivity index (χ2n) is 4.43. The highest BCUT2D eigenvalue weighted by atomic mass is 79.9. The van der Waals surface area contributed by atoms with Crippen molar-refractivity contribution in [3.8, 4) is 0 Å². The number of alkyl halides is 1. The summed E-state index contributed by atoms with van der Waals surface area (Å²) in [7, 11) is 0. The van der Waals surface area contributed by atoms with Gasteiger partial charge in [0, 0.05) is 17.9 Å². The average molecular weight is 302 g/mol. The van der Waals surface area contributed by atoms with Crippen LogP contribution in [0.25, 0.3) is 0 Å². The number of halogens is 1. The maximum Gasteiger partial charge on any atom is 0.227 e. The molecule has 0 N–H and O–H groups in total. The molecular formula is C12H16BrNOS. The Kier molecular flexibility index (Phi) is 4.03. The van der Waals surface area contributed by atoms with Gasteiger partial charge in [0.05, 0.1) is 6.42 Å². The van der Waals surface area contributed by atoms with Crippen molar-refractivity contribution in [3.63, 3.8) is 0 Å². The summed E-state index contributed by atoms with van der Waals surface area (Å²) in [6, 6.07) is 2.03. The van der Waals surface area contributed by atoms with Crippen LogP contribution in [0.2, 0.25) is 0 Å². The summed E-state index contributed by atoms with van der Waals surface area (Å²) in [6.45, 7) is 4.00. The van der Waals surface area contributed by atoms with Gasteiger partial charge >= 0.3 is 0 Å². The quantitative estimate of drug-likeness (QED) is 0.769. The third-order valence-corrected chi connectivity index (χ3v) is 5.08. The summed E-state index contributed by atoms with van der Waals surface area (Å²) < 4.78 is 0. The van der Waals surface area contributed by atoms with E-state index >= 15 is 0 Å². The van der Waals surface area contributed by atoms with Crippen LogP contribution in [0.4, 0.5) is 0 Å². The highest BCUT2D eigenvalue weighted by Gasteiger charge is 2.26. The number of carbonyl (C=O) groups excluding carboxylic acids is 1. The molecule has 1 aromatic rings. The molecule has 4 heteroatoms.